The maximum Gasteiger partial charge on any atom is 0.256 e. The number of primary amides is 1. The lowest BCUT2D eigenvalue weighted by atomic mass is 10.1. The van der Waals surface area contributed by atoms with Gasteiger partial charge in [-0.2, -0.15) is 0 Å². The second kappa shape index (κ2) is 24.1. The number of anilines is 1. The fourth-order valence-corrected chi connectivity index (χ4v) is 3.82. The minimum absolute atomic E-state index is 0.0168. The first kappa shape index (κ1) is 36.9. The topological polar surface area (TPSA) is 102 Å². The highest BCUT2D eigenvalue weighted by atomic mass is 79.9. The minimum atomic E-state index is -0.572. The number of benzene rings is 2. The van der Waals surface area contributed by atoms with Crippen LogP contribution in [-0.2, 0) is 19.1 Å². The lowest BCUT2D eigenvalue weighted by molar-refractivity contribution is -0.142. The molecule has 0 bridgehead atoms. The van der Waals surface area contributed by atoms with Gasteiger partial charge in [0.05, 0.1) is 6.04 Å². The van der Waals surface area contributed by atoms with Crippen molar-refractivity contribution in [2.45, 2.75) is 52.7 Å². The average Bonchev–Trinajstić information content (AvgIpc) is 3.42. The fourth-order valence-electron chi connectivity index (χ4n) is 3.56. The number of ether oxygens (including phenoxy) is 1. The Morgan fingerprint density at radius 1 is 1.11 bits per heavy atom. The molecule has 2 atom stereocenters. The van der Waals surface area contributed by atoms with Crippen LogP contribution in [0.5, 0.6) is 0 Å². The van der Waals surface area contributed by atoms with Gasteiger partial charge >= 0.3 is 0 Å². The number of allylic oxidation sites excluding steroid dienone is 1. The van der Waals surface area contributed by atoms with Gasteiger partial charge in [-0.05, 0) is 56.5 Å². The van der Waals surface area contributed by atoms with Crippen LogP contribution in [-0.4, -0.2) is 43.2 Å². The molecule has 0 aromatic heterocycles. The van der Waals surface area contributed by atoms with E-state index < -0.39 is 6.10 Å². The second-order valence-electron chi connectivity index (χ2n) is 6.96. The maximum absolute atomic E-state index is 13.2. The zero-order valence-corrected chi connectivity index (χ0v) is 25.5. The molecule has 0 radical (unpaired) electrons. The Kier molecular flexibility index (Phi) is 24.0. The molecular weight excluding hydrogens is 574 g/mol. The van der Waals surface area contributed by atoms with Crippen molar-refractivity contribution < 1.29 is 19.1 Å². The highest BCUT2D eigenvalue weighted by Crippen LogP contribution is 2.30. The summed E-state index contributed by atoms with van der Waals surface area (Å²) in [6.45, 7) is 8.20. The number of hydrogen-bond donors (Lipinski definition) is 4. The Morgan fingerprint density at radius 3 is 2.08 bits per heavy atom. The van der Waals surface area contributed by atoms with E-state index in [1.165, 1.54) is 6.92 Å². The molecule has 37 heavy (non-hydrogen) atoms. The number of amides is 2. The molecule has 0 spiro atoms. The molecule has 1 aliphatic heterocycles. The summed E-state index contributed by atoms with van der Waals surface area (Å²) in [5, 5.41) is 3.48. The molecule has 2 amide bonds. The molecule has 0 unspecified atom stereocenters. The SMILES string of the molecule is C/C=C(\Nc1ccc(Br)cc1)[C@@H]1CCCN1C(=O)[C@@H](OC)c1ccccc1.CC.CC=O.NC=O.SS. The first-order chi connectivity index (χ1) is 18.0. The molecule has 206 valence electrons. The molecule has 0 saturated carbocycles. The van der Waals surface area contributed by atoms with Gasteiger partial charge in [0.15, 0.2) is 6.10 Å². The molecule has 1 heterocycles. The third kappa shape index (κ3) is 13.7. The number of halogens is 1. The van der Waals surface area contributed by atoms with Crippen LogP contribution in [0, 0.1) is 0 Å². The van der Waals surface area contributed by atoms with Crippen LogP contribution in [0.1, 0.15) is 52.2 Å². The zero-order chi connectivity index (χ0) is 28.6. The number of rotatable bonds is 6. The molecule has 0 aliphatic carbocycles. The molecular formula is C27H40BrN3O4S2. The van der Waals surface area contributed by atoms with Crippen LogP contribution in [0.2, 0.25) is 0 Å². The Balaban J connectivity index is 0. The fraction of sp³-hybridized carbons (Fsp3) is 0.370. The van der Waals surface area contributed by atoms with E-state index in [2.05, 4.69) is 56.4 Å². The Labute approximate surface area is 240 Å². The van der Waals surface area contributed by atoms with E-state index in [4.69, 9.17) is 14.3 Å². The van der Waals surface area contributed by atoms with Gasteiger partial charge < -0.3 is 25.5 Å². The first-order valence-electron chi connectivity index (χ1n) is 11.8. The molecule has 2 aromatic rings. The molecule has 3 N–H and O–H groups in total. The normalized spacial score (nSPS) is 14.4. The maximum atomic E-state index is 13.2. The largest absolute Gasteiger partial charge is 0.372 e. The van der Waals surface area contributed by atoms with Gasteiger partial charge in [-0.3, -0.25) is 9.59 Å². The van der Waals surface area contributed by atoms with Gasteiger partial charge in [-0.15, -0.1) is 23.3 Å². The molecule has 3 rings (SSSR count). The van der Waals surface area contributed by atoms with Crippen LogP contribution < -0.4 is 11.1 Å². The zero-order valence-electron chi connectivity index (χ0n) is 22.1. The average molecular weight is 615 g/mol. The van der Waals surface area contributed by atoms with E-state index >= 15 is 0 Å². The van der Waals surface area contributed by atoms with Crippen molar-refractivity contribution in [2.75, 3.05) is 19.0 Å². The van der Waals surface area contributed by atoms with E-state index in [1.807, 2.05) is 80.3 Å². The van der Waals surface area contributed by atoms with E-state index in [0.717, 1.165) is 47.1 Å². The summed E-state index contributed by atoms with van der Waals surface area (Å²) in [5.41, 5.74) is 7.11. The van der Waals surface area contributed by atoms with E-state index in [-0.39, 0.29) is 18.4 Å². The Bertz CT molecular complexity index is 894. The van der Waals surface area contributed by atoms with Gasteiger partial charge in [0.2, 0.25) is 6.41 Å². The molecule has 2 aromatic carbocycles. The summed E-state index contributed by atoms with van der Waals surface area (Å²) in [6.07, 6.45) is 4.42. The molecule has 1 fully saturated rings. The van der Waals surface area contributed by atoms with Crippen molar-refractivity contribution in [3.63, 3.8) is 0 Å². The number of carbonyl (C=O) groups is 3. The van der Waals surface area contributed by atoms with Crippen molar-refractivity contribution in [1.29, 1.82) is 0 Å². The standard InChI is InChI=1S/C22H25BrN2O2.C2H4O.C2H6.CH3NO.H2S2/c1-3-19(24-18-13-11-17(23)12-14-18)20-10-7-15-25(20)22(26)21(27-2)16-8-5-4-6-9-16;1-2-3;1-2;2-1-3;1-2/h3-6,8-9,11-14,20-21,24H,7,10,15H2,1-2H3;2H,1H3;1-2H3;1H,(H2,2,3);1-2H/b19-3-;;;;/t20-,21-;;;;/m0..../s1. The summed E-state index contributed by atoms with van der Waals surface area (Å²) in [6, 6.07) is 17.8. The number of thiol groups is 2. The summed E-state index contributed by atoms with van der Waals surface area (Å²) in [7, 11) is 1.59. The van der Waals surface area contributed by atoms with Gasteiger partial charge in [0.1, 0.15) is 6.29 Å². The third-order valence-corrected chi connectivity index (χ3v) is 5.43. The van der Waals surface area contributed by atoms with Crippen molar-refractivity contribution >= 4 is 63.5 Å². The summed E-state index contributed by atoms with van der Waals surface area (Å²) < 4.78 is 6.61. The van der Waals surface area contributed by atoms with Crippen LogP contribution in [0.3, 0.4) is 0 Å². The van der Waals surface area contributed by atoms with Crippen LogP contribution in [0.4, 0.5) is 5.69 Å². The number of nitrogens with zero attached hydrogens (tertiary/aromatic N) is 1. The highest BCUT2D eigenvalue weighted by Gasteiger charge is 2.35. The van der Waals surface area contributed by atoms with Crippen molar-refractivity contribution in [2.24, 2.45) is 5.73 Å². The number of likely N-dealkylation sites (tertiary alicyclic amines) is 1. The van der Waals surface area contributed by atoms with Crippen LogP contribution in [0.15, 0.2) is 70.8 Å². The van der Waals surface area contributed by atoms with Crippen LogP contribution >= 0.6 is 39.3 Å². The van der Waals surface area contributed by atoms with Gasteiger partial charge in [0.25, 0.3) is 5.91 Å². The third-order valence-electron chi connectivity index (χ3n) is 4.90. The number of carbonyl (C=O) groups excluding carboxylic acids is 3. The lowest BCUT2D eigenvalue weighted by Gasteiger charge is -2.30. The van der Waals surface area contributed by atoms with Crippen molar-refractivity contribution in [3.05, 3.63) is 76.4 Å². The molecule has 10 heteroatoms. The summed E-state index contributed by atoms with van der Waals surface area (Å²) >= 11 is 9.90. The smallest absolute Gasteiger partial charge is 0.256 e. The van der Waals surface area contributed by atoms with E-state index in [0.29, 0.717) is 0 Å². The quantitative estimate of drug-likeness (QED) is 0.175. The molecule has 1 aliphatic rings. The number of hydrogen-bond acceptors (Lipinski definition) is 7. The number of nitrogens with one attached hydrogen (secondary N) is 1. The van der Waals surface area contributed by atoms with E-state index in [1.54, 1.807) is 7.11 Å². The lowest BCUT2D eigenvalue weighted by Crippen LogP contribution is -2.41. The highest BCUT2D eigenvalue weighted by molar-refractivity contribution is 9.10. The Morgan fingerprint density at radius 2 is 1.62 bits per heavy atom. The van der Waals surface area contributed by atoms with Crippen molar-refractivity contribution in [1.82, 2.24) is 4.90 Å². The predicted molar refractivity (Wildman–Crippen MR) is 164 cm³/mol. The minimum Gasteiger partial charge on any atom is -0.372 e. The first-order valence-corrected chi connectivity index (χ1v) is 14.2. The summed E-state index contributed by atoms with van der Waals surface area (Å²) in [4.78, 5) is 32.6. The van der Waals surface area contributed by atoms with Crippen molar-refractivity contribution in [3.8, 4) is 0 Å². The second-order valence-corrected chi connectivity index (χ2v) is 7.88. The summed E-state index contributed by atoms with van der Waals surface area (Å²) in [5.74, 6) is 0.0168. The monoisotopic (exact) mass is 613 g/mol. The van der Waals surface area contributed by atoms with Gasteiger partial charge in [0, 0.05) is 29.5 Å². The number of methoxy groups -OCH3 is 1. The number of nitrogens with two attached hydrogens (primary N) is 1. The van der Waals surface area contributed by atoms with Gasteiger partial charge in [-0.1, -0.05) is 66.2 Å². The van der Waals surface area contributed by atoms with E-state index in [9.17, 15) is 4.79 Å². The number of aldehydes is 1. The molecule has 7 nitrogen and oxygen atoms in total. The predicted octanol–water partition coefficient (Wildman–Crippen LogP) is 6.24. The van der Waals surface area contributed by atoms with Crippen LogP contribution in [0.25, 0.3) is 0 Å². The van der Waals surface area contributed by atoms with Gasteiger partial charge in [-0.25, -0.2) is 0 Å². The Hall–Kier alpha value is -2.27. The molecule has 1 saturated heterocycles.